The summed E-state index contributed by atoms with van der Waals surface area (Å²) in [5.74, 6) is -7.07. The molecule has 2 aromatic carbocycles. The molecule has 0 aliphatic heterocycles. The van der Waals surface area contributed by atoms with Gasteiger partial charge in [-0.15, -0.1) is 0 Å². The van der Waals surface area contributed by atoms with E-state index in [0.29, 0.717) is 11.8 Å². The predicted molar refractivity (Wildman–Crippen MR) is 127 cm³/mol. The third kappa shape index (κ3) is 18.0. The number of carboxylic acid groups (broad SMARTS) is 4. The number of carbonyl (C=O) groups is 5. The van der Waals surface area contributed by atoms with Gasteiger partial charge in [0.1, 0.15) is 24.7 Å². The molecule has 0 radical (unpaired) electrons. The number of nitrogens with zero attached hydrogens (tertiary/aromatic N) is 4. The van der Waals surface area contributed by atoms with Gasteiger partial charge in [0.25, 0.3) is 5.78 Å². The zero-order valence-electron chi connectivity index (χ0n) is 25.1. The summed E-state index contributed by atoms with van der Waals surface area (Å²) in [4.78, 5) is 61.3. The van der Waals surface area contributed by atoms with Gasteiger partial charge in [-0.2, -0.15) is 4.79 Å². The number of anilines is 2. The van der Waals surface area contributed by atoms with E-state index in [9.17, 15) is 44.4 Å². The van der Waals surface area contributed by atoms with Crippen LogP contribution in [0.1, 0.15) is 15.9 Å². The minimum Gasteiger partial charge on any atom is -0.548 e. The van der Waals surface area contributed by atoms with E-state index in [1.165, 1.54) is 24.3 Å². The minimum atomic E-state index is -1.60. The SMILES string of the molecule is Cc1ccc(N(CC(=O)[O-])CC(=O)[O-])c(OCCOc2cc(C(=O)C=[N+]=[N-])ccc2N(CC(=O)[O-])CC(=O)[O-])c1.[K+].[K+].[K+].[K+]. The molecule has 44 heavy (non-hydrogen) atoms. The van der Waals surface area contributed by atoms with Crippen molar-refractivity contribution in [3.8, 4) is 11.5 Å². The number of ketones is 1. The van der Waals surface area contributed by atoms with E-state index in [4.69, 9.17) is 15.0 Å². The van der Waals surface area contributed by atoms with Gasteiger partial charge >= 0.3 is 212 Å². The Bertz CT molecular complexity index is 1330. The molecule has 0 aliphatic carbocycles. The Hall–Kier alpha value is 1.12. The summed E-state index contributed by atoms with van der Waals surface area (Å²) >= 11 is 0. The fourth-order valence-corrected chi connectivity index (χ4v) is 3.55. The maximum Gasteiger partial charge on any atom is 1.00 e. The molecule has 19 heteroatoms. The smallest absolute Gasteiger partial charge is 0.548 e. The van der Waals surface area contributed by atoms with Crippen LogP contribution in [-0.2, 0) is 19.2 Å². The molecule has 0 heterocycles. The van der Waals surface area contributed by atoms with E-state index < -0.39 is 55.8 Å². The Labute approximate surface area is 422 Å². The van der Waals surface area contributed by atoms with Crippen molar-refractivity contribution in [2.75, 3.05) is 49.2 Å². The van der Waals surface area contributed by atoms with Crippen LogP contribution in [0.15, 0.2) is 36.4 Å². The van der Waals surface area contributed by atoms with Crippen LogP contribution in [0.3, 0.4) is 0 Å². The van der Waals surface area contributed by atoms with E-state index in [1.54, 1.807) is 13.0 Å². The van der Waals surface area contributed by atoms with E-state index in [0.717, 1.165) is 15.9 Å². The van der Waals surface area contributed by atoms with Crippen LogP contribution in [0, 0.1) is 6.92 Å². The number of benzene rings is 2. The summed E-state index contributed by atoms with van der Waals surface area (Å²) in [5.41, 5.74) is 9.36. The van der Waals surface area contributed by atoms with E-state index >= 15 is 0 Å². The quantitative estimate of drug-likeness (QED) is 0.0371. The number of carbonyl (C=O) groups excluding carboxylic acids is 5. The number of rotatable bonds is 17. The largest absolute Gasteiger partial charge is 1.00 e. The Morgan fingerprint density at radius 2 is 1.09 bits per heavy atom. The molecule has 15 nitrogen and oxygen atoms in total. The molecular formula is C25H22K4N4O11. The van der Waals surface area contributed by atoms with Gasteiger partial charge < -0.3 is 64.4 Å². The summed E-state index contributed by atoms with van der Waals surface area (Å²) in [6.45, 7) is -2.02. The van der Waals surface area contributed by atoms with Crippen LogP contribution in [-0.4, -0.2) is 80.1 Å². The van der Waals surface area contributed by atoms with Crippen molar-refractivity contribution in [3.05, 3.63) is 53.1 Å². The maximum atomic E-state index is 12.1. The van der Waals surface area contributed by atoms with Crippen molar-refractivity contribution in [1.82, 2.24) is 0 Å². The molecule has 0 saturated carbocycles. The Balaban J connectivity index is -0.00000420. The average molecular weight is 711 g/mol. The standard InChI is InChI=1S/C25H26N4O11.4K/c1-15-2-4-17(28(11-22(31)32)12-23(33)34)20(8-15)39-6-7-40-21-9-16(19(30)10-27-26)3-5-18(21)29(13-24(35)36)14-25(37)38;;;;/h2-5,8-10H,6-7,11-14H2,1H3,(H,31,32)(H,33,34)(H,35,36)(H,37,38);;;;/q;4*+1/p-4. The second-order valence-corrected chi connectivity index (χ2v) is 8.16. The fourth-order valence-electron chi connectivity index (χ4n) is 3.55. The van der Waals surface area contributed by atoms with Crippen LogP contribution in [0.2, 0.25) is 0 Å². The van der Waals surface area contributed by atoms with Gasteiger partial charge in [0, 0.05) is 5.56 Å². The van der Waals surface area contributed by atoms with Crippen LogP contribution in [0.5, 0.6) is 11.5 Å². The first-order valence-electron chi connectivity index (χ1n) is 11.4. The number of hydrogen-bond acceptors (Lipinski definition) is 13. The van der Waals surface area contributed by atoms with Crippen molar-refractivity contribution in [2.24, 2.45) is 0 Å². The van der Waals surface area contributed by atoms with Gasteiger partial charge in [-0.3, -0.25) is 4.79 Å². The van der Waals surface area contributed by atoms with Crippen LogP contribution in [0.25, 0.3) is 5.53 Å². The second-order valence-electron chi connectivity index (χ2n) is 8.16. The van der Waals surface area contributed by atoms with Crippen molar-refractivity contribution in [3.63, 3.8) is 0 Å². The van der Waals surface area contributed by atoms with Crippen LogP contribution < -0.4 is 245 Å². The van der Waals surface area contributed by atoms with Gasteiger partial charge in [-0.05, 0) is 42.8 Å². The third-order valence-electron chi connectivity index (χ3n) is 5.09. The van der Waals surface area contributed by atoms with Gasteiger partial charge in [0.05, 0.1) is 61.4 Å². The van der Waals surface area contributed by atoms with Crippen molar-refractivity contribution in [2.45, 2.75) is 6.92 Å². The summed E-state index contributed by atoms with van der Waals surface area (Å²) in [6.07, 6.45) is 0.603. The Kier molecular flexibility index (Phi) is 29.3. The fraction of sp³-hybridized carbons (Fsp3) is 0.280. The third-order valence-corrected chi connectivity index (χ3v) is 5.09. The molecule has 2 aromatic rings. The maximum absolute atomic E-state index is 12.1. The normalized spacial score (nSPS) is 9.20. The topological polar surface area (TPSA) is 239 Å². The molecular weight excluding hydrogens is 689 g/mol. The summed E-state index contributed by atoms with van der Waals surface area (Å²) in [7, 11) is 0. The van der Waals surface area contributed by atoms with Crippen LogP contribution in [0.4, 0.5) is 11.4 Å². The molecule has 0 spiro atoms. The molecule has 0 aromatic heterocycles. The molecule has 0 atom stereocenters. The molecule has 0 N–H and O–H groups in total. The van der Waals surface area contributed by atoms with Gasteiger partial charge in [-0.25, -0.2) is 0 Å². The Morgan fingerprint density at radius 3 is 1.48 bits per heavy atom. The number of carboxylic acids is 4. The molecule has 0 amide bonds. The number of hydrogen-bond donors (Lipinski definition) is 0. The van der Waals surface area contributed by atoms with Crippen molar-refractivity contribution >= 4 is 47.2 Å². The first-order valence-corrected chi connectivity index (χ1v) is 11.4. The second kappa shape index (κ2) is 26.0. The molecule has 212 valence electrons. The molecule has 2 rings (SSSR count). The zero-order valence-corrected chi connectivity index (χ0v) is 37.6. The van der Waals surface area contributed by atoms with Gasteiger partial charge in [0.2, 0.25) is 0 Å². The predicted octanol–water partition coefficient (Wildman–Crippen LogP) is -16.4. The summed E-state index contributed by atoms with van der Waals surface area (Å²) in [5, 5.41) is 44.7. The molecule has 0 unspecified atom stereocenters. The summed E-state index contributed by atoms with van der Waals surface area (Å²) < 4.78 is 11.4. The average Bonchev–Trinajstić information content (AvgIpc) is 2.85. The number of aliphatic carboxylic acids is 4. The first-order chi connectivity index (χ1) is 18.9. The van der Waals surface area contributed by atoms with E-state index in [2.05, 4.69) is 4.79 Å². The first kappa shape index (κ1) is 49.5. The Morgan fingerprint density at radius 1 is 0.705 bits per heavy atom. The molecule has 0 saturated heterocycles. The monoisotopic (exact) mass is 710 g/mol. The molecule has 0 fully saturated rings. The molecule has 0 bridgehead atoms. The van der Waals surface area contributed by atoms with Crippen molar-refractivity contribution < 1.29 is 264 Å². The zero-order chi connectivity index (χ0) is 29.8. The molecule has 0 aliphatic rings. The van der Waals surface area contributed by atoms with Crippen molar-refractivity contribution in [1.29, 1.82) is 0 Å². The minimum absolute atomic E-state index is 0. The van der Waals surface area contributed by atoms with Gasteiger partial charge in [-0.1, -0.05) is 6.07 Å². The van der Waals surface area contributed by atoms with Gasteiger partial charge in [0.15, 0.2) is 0 Å². The number of ether oxygens (including phenoxy) is 2. The number of aryl methyl sites for hydroxylation is 1. The van der Waals surface area contributed by atoms with Crippen LogP contribution >= 0.6 is 0 Å². The van der Waals surface area contributed by atoms with E-state index in [-0.39, 0.29) is 247 Å². The van der Waals surface area contributed by atoms with E-state index in [1.807, 2.05) is 0 Å². The number of Topliss-reactive ketones (excluding diaryl/α,β-unsaturated/α-hetero) is 1. The summed E-state index contributed by atoms with van der Waals surface area (Å²) in [6, 6.07) is 8.18.